The van der Waals surface area contributed by atoms with Gasteiger partial charge in [0.15, 0.2) is 5.65 Å². The molecule has 0 unspecified atom stereocenters. The van der Waals surface area contributed by atoms with Gasteiger partial charge in [-0.1, -0.05) is 17.7 Å². The Morgan fingerprint density at radius 1 is 0.962 bits per heavy atom. The van der Waals surface area contributed by atoms with Crippen molar-refractivity contribution in [1.82, 2.24) is 14.6 Å². The number of hydrogen-bond acceptors (Lipinski definition) is 3. The number of rotatable bonds is 2. The molecule has 0 aliphatic carbocycles. The molecule has 5 heteroatoms. The van der Waals surface area contributed by atoms with Crippen molar-refractivity contribution >= 4 is 23.9 Å². The molecule has 0 saturated carbocycles. The average molecular weight is 371 g/mol. The first-order valence-corrected chi connectivity index (χ1v) is 9.14. The van der Waals surface area contributed by atoms with Crippen LogP contribution < -0.4 is 4.90 Å². The number of benzene rings is 1. The van der Waals surface area contributed by atoms with E-state index in [1.165, 1.54) is 39.2 Å². The van der Waals surface area contributed by atoms with Crippen molar-refractivity contribution in [3.05, 3.63) is 45.8 Å². The Labute approximate surface area is 161 Å². The molecule has 2 aromatic heterocycles. The minimum Gasteiger partial charge on any atom is -0.356 e. The summed E-state index contributed by atoms with van der Waals surface area (Å²) >= 11 is 0. The van der Waals surface area contributed by atoms with Gasteiger partial charge in [0.05, 0.1) is 11.3 Å². The summed E-state index contributed by atoms with van der Waals surface area (Å²) < 4.78 is 2.09. The molecule has 138 valence electrons. The number of likely N-dealkylation sites (N-methyl/N-ethyl adjacent to an activating group) is 1. The van der Waals surface area contributed by atoms with Crippen LogP contribution in [0, 0.1) is 34.6 Å². The second kappa shape index (κ2) is 6.58. The van der Waals surface area contributed by atoms with Gasteiger partial charge in [0.25, 0.3) is 0 Å². The standard InChI is InChI=1S/C21H26N4.ClH/c1-7-24-9-8-17-15(5)22-20-19(16(6)23-25(20)21(17)24)18-13(3)10-12(2)11-14(18)4;/h10-11H,7-9H2,1-6H3;1H. The highest BCUT2D eigenvalue weighted by Gasteiger charge is 2.27. The van der Waals surface area contributed by atoms with Crippen LogP contribution in [0.15, 0.2) is 12.1 Å². The van der Waals surface area contributed by atoms with Gasteiger partial charge < -0.3 is 4.90 Å². The Morgan fingerprint density at radius 2 is 1.62 bits per heavy atom. The Bertz CT molecular complexity index is 980. The van der Waals surface area contributed by atoms with E-state index in [1.807, 2.05) is 0 Å². The van der Waals surface area contributed by atoms with Gasteiger partial charge in [0.2, 0.25) is 0 Å². The molecule has 1 aliphatic rings. The Balaban J connectivity index is 0.00000196. The number of fused-ring (bicyclic) bond motifs is 3. The van der Waals surface area contributed by atoms with Crippen molar-refractivity contribution in [2.75, 3.05) is 18.0 Å². The number of anilines is 1. The Kier molecular flexibility index (Phi) is 4.74. The third-order valence-electron chi connectivity index (χ3n) is 5.46. The van der Waals surface area contributed by atoms with Gasteiger partial charge in [-0.3, -0.25) is 0 Å². The fourth-order valence-corrected chi connectivity index (χ4v) is 4.43. The fraction of sp³-hybridized carbons (Fsp3) is 0.429. The molecular formula is C21H27ClN4. The summed E-state index contributed by atoms with van der Waals surface area (Å²) in [6.45, 7) is 15.1. The van der Waals surface area contributed by atoms with Crippen LogP contribution in [0.25, 0.3) is 16.8 Å². The summed E-state index contributed by atoms with van der Waals surface area (Å²) in [6.07, 6.45) is 1.06. The first-order chi connectivity index (χ1) is 11.9. The molecule has 26 heavy (non-hydrogen) atoms. The maximum Gasteiger partial charge on any atom is 0.165 e. The highest BCUT2D eigenvalue weighted by Crippen LogP contribution is 2.37. The van der Waals surface area contributed by atoms with Gasteiger partial charge in [-0.05, 0) is 64.7 Å². The lowest BCUT2D eigenvalue weighted by atomic mass is 9.94. The first kappa shape index (κ1) is 18.7. The maximum atomic E-state index is 4.99. The second-order valence-electron chi connectivity index (χ2n) is 7.30. The summed E-state index contributed by atoms with van der Waals surface area (Å²) in [5, 5.41) is 4.92. The van der Waals surface area contributed by atoms with Crippen molar-refractivity contribution in [3.63, 3.8) is 0 Å². The molecule has 3 heterocycles. The van der Waals surface area contributed by atoms with Crippen LogP contribution in [0.1, 0.15) is 40.6 Å². The lowest BCUT2D eigenvalue weighted by Crippen LogP contribution is -2.21. The molecule has 0 atom stereocenters. The predicted molar refractivity (Wildman–Crippen MR) is 111 cm³/mol. The second-order valence-corrected chi connectivity index (χ2v) is 7.30. The van der Waals surface area contributed by atoms with Crippen molar-refractivity contribution in [1.29, 1.82) is 0 Å². The molecular weight excluding hydrogens is 344 g/mol. The van der Waals surface area contributed by atoms with Crippen molar-refractivity contribution in [2.45, 2.75) is 48.0 Å². The van der Waals surface area contributed by atoms with E-state index in [4.69, 9.17) is 10.1 Å². The molecule has 1 aliphatic heterocycles. The van der Waals surface area contributed by atoms with Crippen LogP contribution in [-0.4, -0.2) is 27.7 Å². The smallest absolute Gasteiger partial charge is 0.165 e. The van der Waals surface area contributed by atoms with Gasteiger partial charge in [-0.25, -0.2) is 4.98 Å². The fourth-order valence-electron chi connectivity index (χ4n) is 4.43. The lowest BCUT2D eigenvalue weighted by molar-refractivity contribution is 0.820. The van der Waals surface area contributed by atoms with E-state index >= 15 is 0 Å². The van der Waals surface area contributed by atoms with Gasteiger partial charge in [-0.2, -0.15) is 9.61 Å². The van der Waals surface area contributed by atoms with Crippen LogP contribution in [-0.2, 0) is 6.42 Å². The van der Waals surface area contributed by atoms with E-state index in [9.17, 15) is 0 Å². The zero-order valence-electron chi connectivity index (χ0n) is 16.5. The van der Waals surface area contributed by atoms with E-state index in [0.717, 1.165) is 36.5 Å². The van der Waals surface area contributed by atoms with Crippen molar-refractivity contribution in [3.8, 4) is 11.1 Å². The number of nitrogens with zero attached hydrogens (tertiary/aromatic N) is 4. The summed E-state index contributed by atoms with van der Waals surface area (Å²) in [6, 6.07) is 4.51. The first-order valence-electron chi connectivity index (χ1n) is 9.14. The molecule has 3 aromatic rings. The van der Waals surface area contributed by atoms with E-state index in [1.54, 1.807) is 0 Å². The zero-order chi connectivity index (χ0) is 17.9. The molecule has 0 saturated heterocycles. The molecule has 0 amide bonds. The van der Waals surface area contributed by atoms with Crippen LogP contribution in [0.4, 0.5) is 5.82 Å². The predicted octanol–water partition coefficient (Wildman–Crippen LogP) is 4.74. The Morgan fingerprint density at radius 3 is 2.23 bits per heavy atom. The molecule has 4 rings (SSSR count). The maximum absolute atomic E-state index is 4.99. The zero-order valence-corrected chi connectivity index (χ0v) is 17.3. The number of aryl methyl sites for hydroxylation is 5. The normalized spacial score (nSPS) is 13.2. The molecule has 0 spiro atoms. The third kappa shape index (κ3) is 2.59. The minimum absolute atomic E-state index is 0. The minimum atomic E-state index is 0. The lowest BCUT2D eigenvalue weighted by Gasteiger charge is -2.18. The summed E-state index contributed by atoms with van der Waals surface area (Å²) in [5.74, 6) is 1.24. The molecule has 1 aromatic carbocycles. The Hall–Kier alpha value is -2.07. The summed E-state index contributed by atoms with van der Waals surface area (Å²) in [5.41, 5.74) is 10.9. The molecule has 0 N–H and O–H groups in total. The van der Waals surface area contributed by atoms with Crippen LogP contribution >= 0.6 is 12.4 Å². The quantitative estimate of drug-likeness (QED) is 0.653. The topological polar surface area (TPSA) is 33.4 Å². The van der Waals surface area contributed by atoms with Crippen LogP contribution in [0.5, 0.6) is 0 Å². The third-order valence-corrected chi connectivity index (χ3v) is 5.46. The van der Waals surface area contributed by atoms with E-state index < -0.39 is 0 Å². The van der Waals surface area contributed by atoms with Gasteiger partial charge >= 0.3 is 0 Å². The molecule has 0 bridgehead atoms. The highest BCUT2D eigenvalue weighted by atomic mass is 35.5. The molecule has 0 radical (unpaired) electrons. The average Bonchev–Trinajstić information content (AvgIpc) is 3.09. The molecule has 4 nitrogen and oxygen atoms in total. The summed E-state index contributed by atoms with van der Waals surface area (Å²) in [7, 11) is 0. The van der Waals surface area contributed by atoms with E-state index in [2.05, 4.69) is 63.1 Å². The van der Waals surface area contributed by atoms with Gasteiger partial charge in [0, 0.05) is 24.3 Å². The van der Waals surface area contributed by atoms with Crippen molar-refractivity contribution < 1.29 is 0 Å². The highest BCUT2D eigenvalue weighted by molar-refractivity contribution is 5.86. The van der Waals surface area contributed by atoms with Gasteiger partial charge in [-0.15, -0.1) is 12.4 Å². The largest absolute Gasteiger partial charge is 0.356 e. The van der Waals surface area contributed by atoms with E-state index in [0.29, 0.717) is 0 Å². The van der Waals surface area contributed by atoms with Gasteiger partial charge in [0.1, 0.15) is 5.82 Å². The number of hydrogen-bond donors (Lipinski definition) is 0. The van der Waals surface area contributed by atoms with E-state index in [-0.39, 0.29) is 12.4 Å². The van der Waals surface area contributed by atoms with Crippen molar-refractivity contribution in [2.24, 2.45) is 0 Å². The molecule has 0 fully saturated rings. The number of halogens is 1. The SMILES string of the molecule is CCN1CCc2c(C)nc3c(-c4c(C)cc(C)cc4C)c(C)nn3c21.Cl. The summed E-state index contributed by atoms with van der Waals surface area (Å²) in [4.78, 5) is 7.41. The van der Waals surface area contributed by atoms with Crippen LogP contribution in [0.3, 0.4) is 0 Å². The number of aromatic nitrogens is 3. The van der Waals surface area contributed by atoms with Crippen LogP contribution in [0.2, 0.25) is 0 Å². The monoisotopic (exact) mass is 370 g/mol.